The molecule has 0 aromatic heterocycles. The van der Waals surface area contributed by atoms with E-state index in [1.54, 1.807) is 24.1 Å². The van der Waals surface area contributed by atoms with Crippen LogP contribution < -0.4 is 5.32 Å². The summed E-state index contributed by atoms with van der Waals surface area (Å²) in [7, 11) is -4.42. The van der Waals surface area contributed by atoms with Gasteiger partial charge in [0.25, 0.3) is 10.1 Å². The molecule has 1 amide bonds. The van der Waals surface area contributed by atoms with Crippen LogP contribution in [0.3, 0.4) is 0 Å². The third-order valence-corrected chi connectivity index (χ3v) is 14.3. The van der Waals surface area contributed by atoms with Crippen LogP contribution in [-0.2, 0) is 39.4 Å². The van der Waals surface area contributed by atoms with Gasteiger partial charge in [0.1, 0.15) is 12.1 Å². The maximum absolute atomic E-state index is 14.2. The lowest BCUT2D eigenvalue weighted by Gasteiger charge is -2.62. The zero-order chi connectivity index (χ0) is 38.9. The second kappa shape index (κ2) is 17.0. The Balaban J connectivity index is 1.25. The second-order valence-electron chi connectivity index (χ2n) is 17.8. The predicted octanol–water partition coefficient (Wildman–Crippen LogP) is 5.11. The summed E-state index contributed by atoms with van der Waals surface area (Å²) in [4.78, 5) is 25.2. The number of amides is 1. The molecular formula is C42H64N4O7S. The summed E-state index contributed by atoms with van der Waals surface area (Å²) in [6.07, 6.45) is 3.81. The Hall–Kier alpha value is -2.42. The second-order valence-corrected chi connectivity index (χ2v) is 19.2. The third kappa shape index (κ3) is 9.07. The van der Waals surface area contributed by atoms with Gasteiger partial charge in [0, 0.05) is 37.6 Å². The molecule has 0 unspecified atom stereocenters. The van der Waals surface area contributed by atoms with Gasteiger partial charge in [-0.15, -0.1) is 0 Å². The van der Waals surface area contributed by atoms with E-state index in [0.29, 0.717) is 42.3 Å². The van der Waals surface area contributed by atoms with Crippen LogP contribution in [0.25, 0.3) is 0 Å². The maximum Gasteiger partial charge on any atom is 0.294 e. The van der Waals surface area contributed by atoms with Gasteiger partial charge in [-0.05, 0) is 104 Å². The minimum atomic E-state index is -4.42. The molecule has 5 fully saturated rings. The highest BCUT2D eigenvalue weighted by atomic mass is 32.2. The molecule has 5 aliphatic rings. The Morgan fingerprint density at radius 3 is 2.37 bits per heavy atom. The van der Waals surface area contributed by atoms with Gasteiger partial charge in [-0.25, -0.2) is 0 Å². The first kappa shape index (κ1) is 41.2. The number of nitrogens with one attached hydrogen (secondary N) is 1. The molecule has 2 heterocycles. The number of benzene rings is 2. The molecule has 54 heavy (non-hydrogen) atoms. The Bertz CT molecular complexity index is 1700. The summed E-state index contributed by atoms with van der Waals surface area (Å²) in [5.41, 5.74) is 2.78. The highest BCUT2D eigenvalue weighted by Gasteiger charge is 2.57. The first-order valence-corrected chi connectivity index (χ1v) is 21.6. The van der Waals surface area contributed by atoms with E-state index < -0.39 is 34.3 Å². The van der Waals surface area contributed by atoms with Gasteiger partial charge in [0.2, 0.25) is 5.91 Å². The number of hydrogen-bond donors (Lipinski definition) is 4. The summed E-state index contributed by atoms with van der Waals surface area (Å²) in [6, 6.07) is 14.2. The van der Waals surface area contributed by atoms with Crippen molar-refractivity contribution < 1.29 is 32.8 Å². The zero-order valence-electron chi connectivity index (χ0n) is 33.1. The van der Waals surface area contributed by atoms with Crippen molar-refractivity contribution in [1.29, 1.82) is 0 Å². The molecule has 9 atom stereocenters. The number of nitrogens with zero attached hydrogens (tertiary/aromatic N) is 3. The molecule has 300 valence electrons. The van der Waals surface area contributed by atoms with Gasteiger partial charge in [-0.2, -0.15) is 13.5 Å². The van der Waals surface area contributed by atoms with Gasteiger partial charge in [-0.1, -0.05) is 77.1 Å². The summed E-state index contributed by atoms with van der Waals surface area (Å²) >= 11 is 0. The van der Waals surface area contributed by atoms with Crippen molar-refractivity contribution in [2.24, 2.45) is 35.0 Å². The van der Waals surface area contributed by atoms with Crippen LogP contribution in [0, 0.1) is 35.0 Å². The molecule has 2 aromatic rings. The Morgan fingerprint density at radius 1 is 1.04 bits per heavy atom. The van der Waals surface area contributed by atoms with Crippen LogP contribution in [0.2, 0.25) is 0 Å². The molecule has 0 radical (unpaired) electrons. The predicted molar refractivity (Wildman–Crippen MR) is 208 cm³/mol. The number of hydrogen-bond acceptors (Lipinski definition) is 9. The Labute approximate surface area is 323 Å². The molecule has 11 nitrogen and oxygen atoms in total. The fourth-order valence-electron chi connectivity index (χ4n) is 10.3. The molecule has 0 spiro atoms. The van der Waals surface area contributed by atoms with Gasteiger partial charge >= 0.3 is 0 Å². The van der Waals surface area contributed by atoms with Crippen LogP contribution in [0.15, 0.2) is 53.4 Å². The largest absolute Gasteiger partial charge is 0.394 e. The van der Waals surface area contributed by atoms with E-state index in [4.69, 9.17) is 4.84 Å². The first-order chi connectivity index (χ1) is 25.6. The summed E-state index contributed by atoms with van der Waals surface area (Å²) in [5.74, 6) is 1.12. The third-order valence-electron chi connectivity index (χ3n) is 13.3. The van der Waals surface area contributed by atoms with E-state index in [2.05, 4.69) is 61.9 Å². The SMILES string of the molecule is CC(C)C[C@@H](CN1CCCC1)N(Cc1cccc(CN2O[C@@H](CO)[C@@H]([C@H](C)O)[C@H]2C(=O)N[C@H]2C[C@@H]3C[C@H]([C@@H]2C)C3(C)C)c1)Cc1ccccc1S(=O)(=O)O. The normalized spacial score (nSPS) is 29.7. The Kier molecular flexibility index (Phi) is 13.0. The van der Waals surface area contributed by atoms with Crippen molar-refractivity contribution in [3.8, 4) is 0 Å². The lowest BCUT2D eigenvalue weighted by atomic mass is 9.45. The van der Waals surface area contributed by atoms with Crippen LogP contribution in [0.5, 0.6) is 0 Å². The minimum absolute atomic E-state index is 0.0542. The van der Waals surface area contributed by atoms with Gasteiger partial charge in [0.15, 0.2) is 0 Å². The van der Waals surface area contributed by atoms with E-state index in [9.17, 15) is 28.0 Å². The zero-order valence-corrected chi connectivity index (χ0v) is 33.9. The molecule has 2 aliphatic heterocycles. The van der Waals surface area contributed by atoms with Crippen molar-refractivity contribution in [2.75, 3.05) is 26.2 Å². The maximum atomic E-state index is 14.2. The molecule has 7 rings (SSSR count). The summed E-state index contributed by atoms with van der Waals surface area (Å²) in [5, 5.41) is 26.3. The van der Waals surface area contributed by atoms with Crippen LogP contribution >= 0.6 is 0 Å². The number of carbonyl (C=O) groups excluding carboxylic acids is 1. The lowest BCUT2D eigenvalue weighted by molar-refractivity contribution is -0.183. The van der Waals surface area contributed by atoms with Crippen molar-refractivity contribution in [3.63, 3.8) is 0 Å². The molecule has 12 heteroatoms. The topological polar surface area (TPSA) is 143 Å². The monoisotopic (exact) mass is 768 g/mol. The molecule has 2 bridgehead atoms. The van der Waals surface area contributed by atoms with Crippen LogP contribution in [0.1, 0.15) is 90.3 Å². The number of rotatable bonds is 16. The summed E-state index contributed by atoms with van der Waals surface area (Å²) in [6.45, 7) is 16.8. The lowest BCUT2D eigenvalue weighted by Crippen LogP contribution is -2.62. The van der Waals surface area contributed by atoms with E-state index in [0.717, 1.165) is 43.6 Å². The number of fused-ring (bicyclic) bond motifs is 2. The molecule has 3 saturated carbocycles. The number of aliphatic hydroxyl groups is 2. The standard InChI is InChI=1S/C42H64N4O7S/c1-27(2)18-34(25-44-16-9-10-17-44)45(24-32-14-7-8-15-38(32)54(50,51)52)22-30-12-11-13-31(19-30)23-46-40(39(29(4)48)37(26-47)53-46)41(49)43-36-21-33-20-35(28(36)3)42(33,5)6/h7-8,11-15,19,27-29,33-37,39-40,47-48H,9-10,16-18,20-26H2,1-6H3,(H,43,49)(H,50,51,52)/t28-,29-,33-,34-,35+,36-,37-,39+,40-/m0/s1. The smallest absolute Gasteiger partial charge is 0.294 e. The Morgan fingerprint density at radius 2 is 1.74 bits per heavy atom. The van der Waals surface area contributed by atoms with Crippen molar-refractivity contribution in [1.82, 2.24) is 20.2 Å². The van der Waals surface area contributed by atoms with Gasteiger partial charge in [0.05, 0.1) is 24.2 Å². The van der Waals surface area contributed by atoms with Crippen molar-refractivity contribution in [3.05, 3.63) is 65.2 Å². The number of hydroxylamine groups is 2. The molecule has 2 saturated heterocycles. The minimum Gasteiger partial charge on any atom is -0.394 e. The number of carbonyl (C=O) groups is 1. The molecular weight excluding hydrogens is 705 g/mol. The van der Waals surface area contributed by atoms with E-state index >= 15 is 0 Å². The summed E-state index contributed by atoms with van der Waals surface area (Å²) < 4.78 is 35.0. The van der Waals surface area contributed by atoms with Crippen LogP contribution in [0.4, 0.5) is 0 Å². The van der Waals surface area contributed by atoms with Gasteiger partial charge in [-0.3, -0.25) is 19.1 Å². The van der Waals surface area contributed by atoms with Gasteiger partial charge < -0.3 is 20.4 Å². The highest BCUT2D eigenvalue weighted by Crippen LogP contribution is 2.61. The highest BCUT2D eigenvalue weighted by molar-refractivity contribution is 7.85. The average Bonchev–Trinajstić information content (AvgIpc) is 3.76. The quantitative estimate of drug-likeness (QED) is 0.170. The van der Waals surface area contributed by atoms with Crippen molar-refractivity contribution in [2.45, 2.75) is 129 Å². The fourth-order valence-corrected chi connectivity index (χ4v) is 11.0. The van der Waals surface area contributed by atoms with Crippen LogP contribution in [-0.4, -0.2) is 101 Å². The first-order valence-electron chi connectivity index (χ1n) is 20.2. The number of aliphatic hydroxyl groups excluding tert-OH is 2. The van der Waals surface area contributed by atoms with Crippen molar-refractivity contribution >= 4 is 16.0 Å². The van der Waals surface area contributed by atoms with E-state index in [1.165, 1.54) is 25.3 Å². The number of likely N-dealkylation sites (tertiary alicyclic amines) is 1. The van der Waals surface area contributed by atoms with E-state index in [1.807, 2.05) is 18.2 Å². The van der Waals surface area contributed by atoms with E-state index in [-0.39, 0.29) is 41.5 Å². The average molecular weight is 769 g/mol. The molecule has 3 aliphatic carbocycles. The molecule has 2 aromatic carbocycles. The fraction of sp³-hybridized carbons (Fsp3) is 0.690. The molecule has 4 N–H and O–H groups in total.